The number of aliphatic hydroxyl groups excluding tert-OH is 1. The van der Waals surface area contributed by atoms with Crippen LogP contribution in [0.25, 0.3) is 5.69 Å². The van der Waals surface area contributed by atoms with Crippen molar-refractivity contribution in [1.29, 1.82) is 0 Å². The molecule has 0 bridgehead atoms. The van der Waals surface area contributed by atoms with Gasteiger partial charge in [-0.25, -0.2) is 4.68 Å². The Labute approximate surface area is 153 Å². The standard InChI is InChI=1S/C21H23N3O2/c1-16-14-22-24(15-16)19-11-9-18(10-12-19)21(26)23-20(8-5-13-25)17-6-3-2-4-7-17/h2-4,6-7,9-12,14-15,20,25H,5,8,13H2,1H3,(H,23,26). The second-order valence-electron chi connectivity index (χ2n) is 6.31. The predicted octanol–water partition coefficient (Wildman–Crippen LogP) is 3.42. The van der Waals surface area contributed by atoms with Gasteiger partial charge in [-0.05, 0) is 55.2 Å². The van der Waals surface area contributed by atoms with E-state index in [1.54, 1.807) is 23.0 Å². The van der Waals surface area contributed by atoms with Crippen LogP contribution in [0.3, 0.4) is 0 Å². The lowest BCUT2D eigenvalue weighted by Gasteiger charge is -2.19. The number of aryl methyl sites for hydroxylation is 1. The lowest BCUT2D eigenvalue weighted by Crippen LogP contribution is -2.28. The molecule has 0 spiro atoms. The summed E-state index contributed by atoms with van der Waals surface area (Å²) in [6.45, 7) is 2.10. The van der Waals surface area contributed by atoms with Crippen LogP contribution < -0.4 is 5.32 Å². The van der Waals surface area contributed by atoms with E-state index in [9.17, 15) is 4.79 Å². The van der Waals surface area contributed by atoms with Crippen molar-refractivity contribution >= 4 is 5.91 Å². The van der Waals surface area contributed by atoms with Gasteiger partial charge in [-0.1, -0.05) is 30.3 Å². The molecule has 5 nitrogen and oxygen atoms in total. The van der Waals surface area contributed by atoms with Crippen LogP contribution in [-0.4, -0.2) is 27.4 Å². The Kier molecular flexibility index (Phi) is 5.81. The van der Waals surface area contributed by atoms with Gasteiger partial charge in [-0.15, -0.1) is 0 Å². The Hall–Kier alpha value is -2.92. The van der Waals surface area contributed by atoms with Crippen molar-refractivity contribution in [1.82, 2.24) is 15.1 Å². The number of benzene rings is 2. The van der Waals surface area contributed by atoms with Crippen molar-refractivity contribution in [3.8, 4) is 5.69 Å². The average Bonchev–Trinajstić information content (AvgIpc) is 3.12. The van der Waals surface area contributed by atoms with E-state index in [1.165, 1.54) is 0 Å². The summed E-state index contributed by atoms with van der Waals surface area (Å²) in [7, 11) is 0. The number of amides is 1. The largest absolute Gasteiger partial charge is 0.396 e. The first-order valence-electron chi connectivity index (χ1n) is 8.76. The molecule has 1 atom stereocenters. The topological polar surface area (TPSA) is 67.2 Å². The third kappa shape index (κ3) is 4.37. The second kappa shape index (κ2) is 8.45. The fourth-order valence-electron chi connectivity index (χ4n) is 2.86. The number of aliphatic hydroxyl groups is 1. The molecule has 0 aliphatic rings. The smallest absolute Gasteiger partial charge is 0.251 e. The predicted molar refractivity (Wildman–Crippen MR) is 101 cm³/mol. The minimum Gasteiger partial charge on any atom is -0.396 e. The molecule has 0 saturated heterocycles. The lowest BCUT2D eigenvalue weighted by molar-refractivity contribution is 0.0932. The Morgan fingerprint density at radius 2 is 1.88 bits per heavy atom. The zero-order chi connectivity index (χ0) is 18.4. The number of nitrogens with one attached hydrogen (secondary N) is 1. The van der Waals surface area contributed by atoms with Crippen LogP contribution in [0.4, 0.5) is 0 Å². The Bertz CT molecular complexity index is 841. The molecular formula is C21H23N3O2. The van der Waals surface area contributed by atoms with E-state index in [1.807, 2.05) is 55.6 Å². The van der Waals surface area contributed by atoms with Crippen molar-refractivity contribution < 1.29 is 9.90 Å². The van der Waals surface area contributed by atoms with E-state index < -0.39 is 0 Å². The second-order valence-corrected chi connectivity index (χ2v) is 6.31. The molecule has 1 aromatic heterocycles. The molecule has 1 amide bonds. The number of rotatable bonds is 7. The van der Waals surface area contributed by atoms with Crippen molar-refractivity contribution in [3.05, 3.63) is 83.7 Å². The van der Waals surface area contributed by atoms with Gasteiger partial charge in [0.1, 0.15) is 0 Å². The highest BCUT2D eigenvalue weighted by Crippen LogP contribution is 2.19. The van der Waals surface area contributed by atoms with Crippen molar-refractivity contribution in [2.45, 2.75) is 25.8 Å². The maximum absolute atomic E-state index is 12.6. The Morgan fingerprint density at radius 3 is 2.50 bits per heavy atom. The first-order valence-corrected chi connectivity index (χ1v) is 8.76. The van der Waals surface area contributed by atoms with E-state index >= 15 is 0 Å². The molecule has 3 rings (SSSR count). The molecule has 0 aliphatic carbocycles. The minimum absolute atomic E-state index is 0.108. The highest BCUT2D eigenvalue weighted by Gasteiger charge is 2.15. The van der Waals surface area contributed by atoms with Crippen molar-refractivity contribution in [3.63, 3.8) is 0 Å². The number of hydrogen-bond acceptors (Lipinski definition) is 3. The molecule has 0 fully saturated rings. The zero-order valence-electron chi connectivity index (χ0n) is 14.8. The summed E-state index contributed by atoms with van der Waals surface area (Å²) in [6, 6.07) is 17.1. The Balaban J connectivity index is 1.72. The van der Waals surface area contributed by atoms with Crippen LogP contribution in [0.5, 0.6) is 0 Å². The molecule has 0 radical (unpaired) electrons. The van der Waals surface area contributed by atoms with E-state index in [2.05, 4.69) is 10.4 Å². The summed E-state index contributed by atoms with van der Waals surface area (Å²) >= 11 is 0. The molecule has 1 heterocycles. The fraction of sp³-hybridized carbons (Fsp3) is 0.238. The summed E-state index contributed by atoms with van der Waals surface area (Å²) in [5, 5.41) is 16.5. The van der Waals surface area contributed by atoms with Gasteiger partial charge in [0, 0.05) is 18.4 Å². The maximum Gasteiger partial charge on any atom is 0.251 e. The molecule has 3 aromatic rings. The SMILES string of the molecule is Cc1cnn(-c2ccc(C(=O)NC(CCCO)c3ccccc3)cc2)c1. The molecule has 134 valence electrons. The zero-order valence-corrected chi connectivity index (χ0v) is 14.8. The molecule has 2 aromatic carbocycles. The van der Waals surface area contributed by atoms with Crippen molar-refractivity contribution in [2.24, 2.45) is 0 Å². The van der Waals surface area contributed by atoms with Crippen LogP contribution in [0.2, 0.25) is 0 Å². The summed E-state index contributed by atoms with van der Waals surface area (Å²) in [4.78, 5) is 12.6. The fourth-order valence-corrected chi connectivity index (χ4v) is 2.86. The van der Waals surface area contributed by atoms with Gasteiger partial charge in [0.2, 0.25) is 0 Å². The highest BCUT2D eigenvalue weighted by atomic mass is 16.3. The highest BCUT2D eigenvalue weighted by molar-refractivity contribution is 5.94. The molecular weight excluding hydrogens is 326 g/mol. The van der Waals surface area contributed by atoms with Crippen LogP contribution in [0, 0.1) is 6.92 Å². The van der Waals surface area contributed by atoms with Crippen LogP contribution in [0.15, 0.2) is 67.0 Å². The summed E-state index contributed by atoms with van der Waals surface area (Å²) in [6.07, 6.45) is 5.07. The van der Waals surface area contributed by atoms with Crippen LogP contribution in [-0.2, 0) is 0 Å². The van der Waals surface area contributed by atoms with Gasteiger partial charge in [0.05, 0.1) is 17.9 Å². The Morgan fingerprint density at radius 1 is 1.15 bits per heavy atom. The normalized spacial score (nSPS) is 11.9. The number of aromatic nitrogens is 2. The lowest BCUT2D eigenvalue weighted by atomic mass is 10.0. The third-order valence-electron chi connectivity index (χ3n) is 4.26. The van der Waals surface area contributed by atoms with Gasteiger partial charge in [0.15, 0.2) is 0 Å². The summed E-state index contributed by atoms with van der Waals surface area (Å²) < 4.78 is 1.78. The number of carbonyl (C=O) groups is 1. The van der Waals surface area contributed by atoms with E-state index in [0.29, 0.717) is 18.4 Å². The summed E-state index contributed by atoms with van der Waals surface area (Å²) in [5.41, 5.74) is 3.64. The number of nitrogens with zero attached hydrogens (tertiary/aromatic N) is 2. The third-order valence-corrected chi connectivity index (χ3v) is 4.26. The molecule has 5 heteroatoms. The number of carbonyl (C=O) groups excluding carboxylic acids is 1. The molecule has 26 heavy (non-hydrogen) atoms. The van der Waals surface area contributed by atoms with Gasteiger partial charge in [0.25, 0.3) is 5.91 Å². The van der Waals surface area contributed by atoms with Gasteiger partial charge >= 0.3 is 0 Å². The quantitative estimate of drug-likeness (QED) is 0.687. The van der Waals surface area contributed by atoms with Gasteiger partial charge < -0.3 is 10.4 Å². The van der Waals surface area contributed by atoms with Gasteiger partial charge in [-0.2, -0.15) is 5.10 Å². The molecule has 0 saturated carbocycles. The number of hydrogen-bond donors (Lipinski definition) is 2. The average molecular weight is 349 g/mol. The summed E-state index contributed by atoms with van der Waals surface area (Å²) in [5.74, 6) is -0.125. The van der Waals surface area contributed by atoms with E-state index in [-0.39, 0.29) is 18.6 Å². The van der Waals surface area contributed by atoms with Gasteiger partial charge in [-0.3, -0.25) is 4.79 Å². The maximum atomic E-state index is 12.6. The van der Waals surface area contributed by atoms with E-state index in [0.717, 1.165) is 16.8 Å². The monoisotopic (exact) mass is 349 g/mol. The van der Waals surface area contributed by atoms with Crippen LogP contribution in [0.1, 0.15) is 40.4 Å². The van der Waals surface area contributed by atoms with E-state index in [4.69, 9.17) is 5.11 Å². The molecule has 1 unspecified atom stereocenters. The first-order chi connectivity index (χ1) is 12.7. The molecule has 2 N–H and O–H groups in total. The van der Waals surface area contributed by atoms with Crippen molar-refractivity contribution in [2.75, 3.05) is 6.61 Å². The first kappa shape index (κ1) is 17.9. The molecule has 0 aliphatic heterocycles. The van der Waals surface area contributed by atoms with Crippen LogP contribution >= 0.6 is 0 Å². The minimum atomic E-state index is -0.125.